The molecule has 0 spiro atoms. The summed E-state index contributed by atoms with van der Waals surface area (Å²) in [6, 6.07) is 0.672. The molecule has 2 heteroatoms. The van der Waals surface area contributed by atoms with Crippen molar-refractivity contribution < 1.29 is 5.11 Å². The Bertz CT molecular complexity index is 211. The topological polar surface area (TPSA) is 23.5 Å². The monoisotopic (exact) mass is 211 g/mol. The first-order valence-electron chi connectivity index (χ1n) is 6.55. The third kappa shape index (κ3) is 2.73. The van der Waals surface area contributed by atoms with Crippen LogP contribution in [0.5, 0.6) is 0 Å². The van der Waals surface area contributed by atoms with Crippen LogP contribution in [0.25, 0.3) is 0 Å². The van der Waals surface area contributed by atoms with Gasteiger partial charge in [0, 0.05) is 19.1 Å². The van der Waals surface area contributed by atoms with E-state index >= 15 is 0 Å². The number of hydrogen-bond donors (Lipinski definition) is 1. The van der Waals surface area contributed by atoms with E-state index in [0.717, 1.165) is 25.3 Å². The van der Waals surface area contributed by atoms with Gasteiger partial charge in [-0.25, -0.2) is 0 Å². The number of β-amino-alcohol motifs (C(OH)–C–C–N with tert-alkyl or cyclic N) is 1. The highest BCUT2D eigenvalue weighted by atomic mass is 16.3. The smallest absolute Gasteiger partial charge is 0.0774 e. The van der Waals surface area contributed by atoms with E-state index in [1.54, 1.807) is 0 Å². The molecule has 0 aromatic carbocycles. The normalized spacial score (nSPS) is 37.0. The van der Waals surface area contributed by atoms with Crippen molar-refractivity contribution in [2.45, 2.75) is 64.0 Å². The summed E-state index contributed by atoms with van der Waals surface area (Å²) < 4.78 is 0. The molecule has 2 rings (SSSR count). The van der Waals surface area contributed by atoms with Crippen molar-refractivity contribution in [1.29, 1.82) is 0 Å². The van der Waals surface area contributed by atoms with Crippen LogP contribution in [0.2, 0.25) is 0 Å². The van der Waals surface area contributed by atoms with Crippen molar-refractivity contribution in [3.05, 3.63) is 0 Å². The minimum atomic E-state index is -0.365. The summed E-state index contributed by atoms with van der Waals surface area (Å²) in [6.07, 6.45) is 7.09. The molecule has 2 nitrogen and oxygen atoms in total. The molecule has 88 valence electrons. The molecule has 1 aliphatic heterocycles. The predicted octanol–water partition coefficient (Wildman–Crippen LogP) is 2.41. The van der Waals surface area contributed by atoms with Crippen LogP contribution in [-0.2, 0) is 0 Å². The van der Waals surface area contributed by atoms with E-state index in [0.29, 0.717) is 6.04 Å². The molecule has 1 aliphatic carbocycles. The summed E-state index contributed by atoms with van der Waals surface area (Å²) in [4.78, 5) is 2.50. The quantitative estimate of drug-likeness (QED) is 0.758. The van der Waals surface area contributed by atoms with Crippen molar-refractivity contribution >= 4 is 0 Å². The van der Waals surface area contributed by atoms with Crippen LogP contribution in [0.1, 0.15) is 52.4 Å². The summed E-state index contributed by atoms with van der Waals surface area (Å²) in [5, 5.41) is 10.5. The fourth-order valence-corrected chi connectivity index (χ4v) is 3.35. The molecule has 1 saturated carbocycles. The molecule has 1 saturated heterocycles. The fourth-order valence-electron chi connectivity index (χ4n) is 3.35. The molecular weight excluding hydrogens is 186 g/mol. The summed E-state index contributed by atoms with van der Waals surface area (Å²) in [5.41, 5.74) is -0.365. The number of hydrogen-bond acceptors (Lipinski definition) is 2. The molecule has 0 amide bonds. The summed E-state index contributed by atoms with van der Waals surface area (Å²) in [6.45, 7) is 6.72. The maximum absolute atomic E-state index is 10.5. The Morgan fingerprint density at radius 1 is 1.20 bits per heavy atom. The van der Waals surface area contributed by atoms with Gasteiger partial charge in [0.15, 0.2) is 0 Å². The van der Waals surface area contributed by atoms with Crippen LogP contribution in [0.3, 0.4) is 0 Å². The summed E-state index contributed by atoms with van der Waals surface area (Å²) in [7, 11) is 0. The largest absolute Gasteiger partial charge is 0.389 e. The molecule has 0 aromatic rings. The molecule has 1 heterocycles. The zero-order chi connectivity index (χ0) is 10.9. The molecule has 0 radical (unpaired) electrons. The van der Waals surface area contributed by atoms with Gasteiger partial charge < -0.3 is 5.11 Å². The highest BCUT2D eigenvalue weighted by Gasteiger charge is 2.35. The zero-order valence-electron chi connectivity index (χ0n) is 10.2. The Morgan fingerprint density at radius 3 is 2.40 bits per heavy atom. The number of likely N-dealkylation sites (tertiary alicyclic amines) is 1. The molecule has 2 atom stereocenters. The third-order valence-electron chi connectivity index (χ3n) is 4.19. The van der Waals surface area contributed by atoms with E-state index in [1.807, 2.05) is 0 Å². The molecule has 2 unspecified atom stereocenters. The SMILES string of the molecule is CC1CC(C)N(CC2(O)CCCCC2)C1. The van der Waals surface area contributed by atoms with Gasteiger partial charge in [-0.3, -0.25) is 4.90 Å². The maximum Gasteiger partial charge on any atom is 0.0774 e. The standard InChI is InChI=1S/C13H25NO/c1-11-8-12(2)14(9-11)10-13(15)6-4-3-5-7-13/h11-12,15H,3-10H2,1-2H3. The highest BCUT2D eigenvalue weighted by Crippen LogP contribution is 2.32. The summed E-state index contributed by atoms with van der Waals surface area (Å²) >= 11 is 0. The van der Waals surface area contributed by atoms with Gasteiger partial charge >= 0.3 is 0 Å². The minimum absolute atomic E-state index is 0.365. The Balaban J connectivity index is 1.89. The van der Waals surface area contributed by atoms with E-state index in [9.17, 15) is 5.11 Å². The molecular formula is C13H25NO. The van der Waals surface area contributed by atoms with Crippen LogP contribution in [0, 0.1) is 5.92 Å². The Kier molecular flexibility index (Phi) is 3.36. The lowest BCUT2D eigenvalue weighted by Crippen LogP contribution is -2.45. The highest BCUT2D eigenvalue weighted by molar-refractivity contribution is 4.90. The number of rotatable bonds is 2. The van der Waals surface area contributed by atoms with Gasteiger partial charge in [0.2, 0.25) is 0 Å². The average Bonchev–Trinajstić information content (AvgIpc) is 2.45. The number of nitrogens with zero attached hydrogens (tertiary/aromatic N) is 1. The van der Waals surface area contributed by atoms with Crippen molar-refractivity contribution in [1.82, 2.24) is 4.90 Å². The second-order valence-electron chi connectivity index (χ2n) is 5.90. The third-order valence-corrected chi connectivity index (χ3v) is 4.19. The molecule has 2 aliphatic rings. The molecule has 0 bridgehead atoms. The van der Waals surface area contributed by atoms with Crippen LogP contribution in [0.4, 0.5) is 0 Å². The fraction of sp³-hybridized carbons (Fsp3) is 1.00. The van der Waals surface area contributed by atoms with Gasteiger partial charge in [0.25, 0.3) is 0 Å². The minimum Gasteiger partial charge on any atom is -0.389 e. The first-order chi connectivity index (χ1) is 7.09. The second-order valence-corrected chi connectivity index (χ2v) is 5.90. The van der Waals surface area contributed by atoms with Crippen molar-refractivity contribution in [3.8, 4) is 0 Å². The predicted molar refractivity (Wildman–Crippen MR) is 62.9 cm³/mol. The Morgan fingerprint density at radius 2 is 1.87 bits per heavy atom. The van der Waals surface area contributed by atoms with E-state index in [1.165, 1.54) is 32.2 Å². The van der Waals surface area contributed by atoms with E-state index < -0.39 is 0 Å². The maximum atomic E-state index is 10.5. The van der Waals surface area contributed by atoms with Gasteiger partial charge in [0.05, 0.1) is 5.60 Å². The van der Waals surface area contributed by atoms with Gasteiger partial charge in [0.1, 0.15) is 0 Å². The lowest BCUT2D eigenvalue weighted by atomic mass is 9.84. The van der Waals surface area contributed by atoms with Crippen molar-refractivity contribution in [2.75, 3.05) is 13.1 Å². The molecule has 15 heavy (non-hydrogen) atoms. The van der Waals surface area contributed by atoms with E-state index in [4.69, 9.17) is 0 Å². The van der Waals surface area contributed by atoms with Crippen LogP contribution in [-0.4, -0.2) is 34.7 Å². The molecule has 1 N–H and O–H groups in total. The van der Waals surface area contributed by atoms with Crippen molar-refractivity contribution in [2.24, 2.45) is 5.92 Å². The van der Waals surface area contributed by atoms with Crippen LogP contribution in [0.15, 0.2) is 0 Å². The van der Waals surface area contributed by atoms with E-state index in [2.05, 4.69) is 18.7 Å². The average molecular weight is 211 g/mol. The molecule has 0 aromatic heterocycles. The molecule has 2 fully saturated rings. The van der Waals surface area contributed by atoms with Gasteiger partial charge in [-0.05, 0) is 32.1 Å². The van der Waals surface area contributed by atoms with Crippen LogP contribution < -0.4 is 0 Å². The van der Waals surface area contributed by atoms with Gasteiger partial charge in [-0.2, -0.15) is 0 Å². The second kappa shape index (κ2) is 4.42. The Labute approximate surface area is 93.7 Å². The lowest BCUT2D eigenvalue weighted by Gasteiger charge is -2.37. The first kappa shape index (κ1) is 11.4. The van der Waals surface area contributed by atoms with Crippen LogP contribution >= 0.6 is 0 Å². The lowest BCUT2D eigenvalue weighted by molar-refractivity contribution is -0.0281. The number of aliphatic hydroxyl groups is 1. The van der Waals surface area contributed by atoms with E-state index in [-0.39, 0.29) is 5.60 Å². The summed E-state index contributed by atoms with van der Waals surface area (Å²) in [5.74, 6) is 0.812. The van der Waals surface area contributed by atoms with Gasteiger partial charge in [-0.15, -0.1) is 0 Å². The Hall–Kier alpha value is -0.0800. The first-order valence-corrected chi connectivity index (χ1v) is 6.55. The van der Waals surface area contributed by atoms with Gasteiger partial charge in [-0.1, -0.05) is 26.2 Å². The zero-order valence-corrected chi connectivity index (χ0v) is 10.2. The van der Waals surface area contributed by atoms with Crippen molar-refractivity contribution in [3.63, 3.8) is 0 Å².